The lowest BCUT2D eigenvalue weighted by Gasteiger charge is -2.34. The van der Waals surface area contributed by atoms with Crippen LogP contribution >= 0.6 is 12.4 Å². The van der Waals surface area contributed by atoms with Crippen LogP contribution in [0.25, 0.3) is 0 Å². The zero-order chi connectivity index (χ0) is 13.0. The van der Waals surface area contributed by atoms with Crippen molar-refractivity contribution in [3.05, 3.63) is 35.9 Å². The average molecular weight is 285 g/mol. The Balaban J connectivity index is 0.00000180. The molecule has 0 bridgehead atoms. The Kier molecular flexibility index (Phi) is 6.28. The van der Waals surface area contributed by atoms with Gasteiger partial charge in [-0.05, 0) is 12.5 Å². The Labute approximate surface area is 120 Å². The molecule has 0 saturated carbocycles. The highest BCUT2D eigenvalue weighted by Crippen LogP contribution is 2.19. The SMILES string of the molecule is COC(C(=O)N1CCN[C@H](C)C1)c1ccccc1.Cl. The zero-order valence-electron chi connectivity index (χ0n) is 11.3. The molecule has 0 aliphatic carbocycles. The summed E-state index contributed by atoms with van der Waals surface area (Å²) < 4.78 is 5.38. The molecule has 1 heterocycles. The van der Waals surface area contributed by atoms with Gasteiger partial charge in [0.1, 0.15) is 0 Å². The van der Waals surface area contributed by atoms with Gasteiger partial charge in [-0.15, -0.1) is 12.4 Å². The largest absolute Gasteiger partial charge is 0.367 e. The van der Waals surface area contributed by atoms with Crippen LogP contribution in [0.4, 0.5) is 0 Å². The Bertz CT molecular complexity index is 400. The summed E-state index contributed by atoms with van der Waals surface area (Å²) in [5.41, 5.74) is 0.913. The first kappa shape index (κ1) is 16.0. The number of rotatable bonds is 3. The van der Waals surface area contributed by atoms with Crippen molar-refractivity contribution in [3.8, 4) is 0 Å². The van der Waals surface area contributed by atoms with Gasteiger partial charge in [0.2, 0.25) is 0 Å². The lowest BCUT2D eigenvalue weighted by atomic mass is 10.1. The molecule has 1 aliphatic heterocycles. The fourth-order valence-electron chi connectivity index (χ4n) is 2.31. The third-order valence-electron chi connectivity index (χ3n) is 3.24. The minimum absolute atomic E-state index is 0. The van der Waals surface area contributed by atoms with E-state index in [1.807, 2.05) is 35.2 Å². The van der Waals surface area contributed by atoms with E-state index in [2.05, 4.69) is 12.2 Å². The maximum atomic E-state index is 12.4. The number of carbonyl (C=O) groups excluding carboxylic acids is 1. The number of methoxy groups -OCH3 is 1. The van der Waals surface area contributed by atoms with Crippen LogP contribution in [0.3, 0.4) is 0 Å². The second-order valence-corrected chi connectivity index (χ2v) is 4.67. The quantitative estimate of drug-likeness (QED) is 0.917. The molecule has 0 spiro atoms. The molecule has 1 saturated heterocycles. The number of ether oxygens (including phenoxy) is 1. The number of benzene rings is 1. The zero-order valence-corrected chi connectivity index (χ0v) is 12.2. The third-order valence-corrected chi connectivity index (χ3v) is 3.24. The molecule has 1 aromatic carbocycles. The minimum Gasteiger partial charge on any atom is -0.367 e. The van der Waals surface area contributed by atoms with Gasteiger partial charge in [0, 0.05) is 32.8 Å². The van der Waals surface area contributed by atoms with E-state index in [4.69, 9.17) is 4.74 Å². The highest BCUT2D eigenvalue weighted by Gasteiger charge is 2.28. The van der Waals surface area contributed by atoms with Crippen molar-refractivity contribution in [2.75, 3.05) is 26.7 Å². The molecular weight excluding hydrogens is 264 g/mol. The van der Waals surface area contributed by atoms with Crippen molar-refractivity contribution in [1.82, 2.24) is 10.2 Å². The highest BCUT2D eigenvalue weighted by molar-refractivity contribution is 5.85. The molecule has 0 aromatic heterocycles. The molecule has 2 rings (SSSR count). The summed E-state index contributed by atoms with van der Waals surface area (Å²) in [5, 5.41) is 3.33. The van der Waals surface area contributed by atoms with Crippen molar-refractivity contribution < 1.29 is 9.53 Å². The maximum absolute atomic E-state index is 12.4. The van der Waals surface area contributed by atoms with Gasteiger partial charge < -0.3 is 15.0 Å². The molecule has 4 nitrogen and oxygen atoms in total. The van der Waals surface area contributed by atoms with Gasteiger partial charge in [0.25, 0.3) is 5.91 Å². The molecule has 1 N–H and O–H groups in total. The predicted molar refractivity (Wildman–Crippen MR) is 77.5 cm³/mol. The lowest BCUT2D eigenvalue weighted by molar-refractivity contribution is -0.143. The molecule has 1 amide bonds. The molecule has 106 valence electrons. The fourth-order valence-corrected chi connectivity index (χ4v) is 2.31. The van der Waals surface area contributed by atoms with Crippen LogP contribution in [0.1, 0.15) is 18.6 Å². The summed E-state index contributed by atoms with van der Waals surface area (Å²) in [4.78, 5) is 14.3. The van der Waals surface area contributed by atoms with Gasteiger partial charge in [-0.1, -0.05) is 30.3 Å². The van der Waals surface area contributed by atoms with Crippen LogP contribution < -0.4 is 5.32 Å². The van der Waals surface area contributed by atoms with E-state index in [1.165, 1.54) is 0 Å². The van der Waals surface area contributed by atoms with Gasteiger partial charge in [0.15, 0.2) is 6.10 Å². The molecule has 1 aromatic rings. The minimum atomic E-state index is -0.489. The molecule has 19 heavy (non-hydrogen) atoms. The lowest BCUT2D eigenvalue weighted by Crippen LogP contribution is -2.52. The predicted octanol–water partition coefficient (Wildman–Crippen LogP) is 1.62. The van der Waals surface area contributed by atoms with Crippen molar-refractivity contribution in [1.29, 1.82) is 0 Å². The number of hydrogen-bond acceptors (Lipinski definition) is 3. The smallest absolute Gasteiger partial charge is 0.256 e. The number of carbonyl (C=O) groups is 1. The van der Waals surface area contributed by atoms with Gasteiger partial charge in [-0.3, -0.25) is 4.79 Å². The van der Waals surface area contributed by atoms with Crippen molar-refractivity contribution >= 4 is 18.3 Å². The topological polar surface area (TPSA) is 41.6 Å². The number of hydrogen-bond donors (Lipinski definition) is 1. The third kappa shape index (κ3) is 3.93. The number of piperazine rings is 1. The summed E-state index contributed by atoms with van der Waals surface area (Å²) in [5.74, 6) is 0.0528. The number of nitrogens with one attached hydrogen (secondary N) is 1. The average Bonchev–Trinajstić information content (AvgIpc) is 2.41. The molecule has 0 radical (unpaired) electrons. The van der Waals surface area contributed by atoms with Crippen LogP contribution in [0.5, 0.6) is 0 Å². The van der Waals surface area contributed by atoms with Gasteiger partial charge in [-0.25, -0.2) is 0 Å². The number of halogens is 1. The Morgan fingerprint density at radius 2 is 2.11 bits per heavy atom. The monoisotopic (exact) mass is 284 g/mol. The standard InChI is InChI=1S/C14H20N2O2.ClH/c1-11-10-16(9-8-15-11)14(17)13(18-2)12-6-4-3-5-7-12;/h3-7,11,13,15H,8-10H2,1-2H3;1H/t11-,13?;/m1./s1. The second kappa shape index (κ2) is 7.48. The van der Waals surface area contributed by atoms with Crippen LogP contribution in [0, 0.1) is 0 Å². The van der Waals surface area contributed by atoms with Crippen molar-refractivity contribution in [3.63, 3.8) is 0 Å². The Hall–Kier alpha value is -1.10. The van der Waals surface area contributed by atoms with Gasteiger partial charge in [-0.2, -0.15) is 0 Å². The Morgan fingerprint density at radius 3 is 2.68 bits per heavy atom. The first-order valence-corrected chi connectivity index (χ1v) is 6.32. The fraction of sp³-hybridized carbons (Fsp3) is 0.500. The second-order valence-electron chi connectivity index (χ2n) is 4.67. The van der Waals surface area contributed by atoms with Crippen molar-refractivity contribution in [2.24, 2.45) is 0 Å². The molecule has 1 aliphatic rings. The van der Waals surface area contributed by atoms with E-state index in [0.717, 1.165) is 25.2 Å². The van der Waals surface area contributed by atoms with Crippen LogP contribution in [-0.2, 0) is 9.53 Å². The summed E-state index contributed by atoms with van der Waals surface area (Å²) in [6, 6.07) is 9.99. The van der Waals surface area contributed by atoms with Crippen LogP contribution in [0.15, 0.2) is 30.3 Å². The van der Waals surface area contributed by atoms with Crippen molar-refractivity contribution in [2.45, 2.75) is 19.1 Å². The molecule has 1 unspecified atom stereocenters. The van der Waals surface area contributed by atoms with Crippen LogP contribution in [0.2, 0.25) is 0 Å². The normalized spacial score (nSPS) is 20.5. The molecule has 1 fully saturated rings. The summed E-state index contributed by atoms with van der Waals surface area (Å²) >= 11 is 0. The van der Waals surface area contributed by atoms with Gasteiger partial charge in [0.05, 0.1) is 0 Å². The first-order chi connectivity index (χ1) is 8.72. The maximum Gasteiger partial charge on any atom is 0.256 e. The first-order valence-electron chi connectivity index (χ1n) is 6.32. The summed E-state index contributed by atoms with van der Waals surface area (Å²) in [6.07, 6.45) is -0.489. The number of amides is 1. The van der Waals surface area contributed by atoms with Gasteiger partial charge >= 0.3 is 0 Å². The molecular formula is C14H21ClN2O2. The van der Waals surface area contributed by atoms with E-state index in [0.29, 0.717) is 6.04 Å². The molecule has 2 atom stereocenters. The Morgan fingerprint density at radius 1 is 1.42 bits per heavy atom. The summed E-state index contributed by atoms with van der Waals surface area (Å²) in [7, 11) is 1.58. The number of nitrogens with zero attached hydrogens (tertiary/aromatic N) is 1. The van der Waals surface area contributed by atoms with Crippen LogP contribution in [-0.4, -0.2) is 43.6 Å². The van der Waals surface area contributed by atoms with E-state index < -0.39 is 6.10 Å². The summed E-state index contributed by atoms with van der Waals surface area (Å²) in [6.45, 7) is 4.42. The van der Waals surface area contributed by atoms with E-state index in [-0.39, 0.29) is 18.3 Å². The van der Waals surface area contributed by atoms with E-state index in [1.54, 1.807) is 7.11 Å². The molecule has 5 heteroatoms. The van der Waals surface area contributed by atoms with E-state index in [9.17, 15) is 4.79 Å². The highest BCUT2D eigenvalue weighted by atomic mass is 35.5. The van der Waals surface area contributed by atoms with E-state index >= 15 is 0 Å².